The van der Waals surface area contributed by atoms with Crippen LogP contribution in [0.5, 0.6) is 0 Å². The summed E-state index contributed by atoms with van der Waals surface area (Å²) in [6, 6.07) is 2.39. The Morgan fingerprint density at radius 1 is 1.11 bits per heavy atom. The monoisotopic (exact) mass is 422 g/mol. The number of aryl methyl sites for hydroxylation is 2. The number of rotatable bonds is 4. The van der Waals surface area contributed by atoms with Crippen molar-refractivity contribution in [1.82, 2.24) is 19.1 Å². The van der Waals surface area contributed by atoms with Crippen LogP contribution < -0.4 is 0 Å². The lowest BCUT2D eigenvalue weighted by Crippen LogP contribution is -2.33. The van der Waals surface area contributed by atoms with Gasteiger partial charge in [0.2, 0.25) is 0 Å². The van der Waals surface area contributed by atoms with E-state index in [-0.39, 0.29) is 33.3 Å². The SMILES string of the molecule is CCS(=O)(=O)c1c(-c2nc3cc(C(F)(F)C(F)(F)F)ccc3n2C)ncn1C. The number of imidazole rings is 2. The molecule has 0 N–H and O–H groups in total. The highest BCUT2D eigenvalue weighted by atomic mass is 32.2. The second-order valence-corrected chi connectivity index (χ2v) is 8.38. The zero-order chi connectivity index (χ0) is 21.1. The second kappa shape index (κ2) is 6.26. The highest BCUT2D eigenvalue weighted by Crippen LogP contribution is 2.44. The van der Waals surface area contributed by atoms with E-state index >= 15 is 0 Å². The van der Waals surface area contributed by atoms with Gasteiger partial charge < -0.3 is 9.13 Å². The molecule has 0 saturated heterocycles. The zero-order valence-corrected chi connectivity index (χ0v) is 15.7. The Bertz CT molecular complexity index is 1160. The Kier molecular flexibility index (Phi) is 4.52. The molecule has 12 heteroatoms. The van der Waals surface area contributed by atoms with Gasteiger partial charge in [0.1, 0.15) is 5.69 Å². The third-order valence-corrected chi connectivity index (χ3v) is 6.20. The van der Waals surface area contributed by atoms with Crippen molar-refractivity contribution in [2.75, 3.05) is 5.75 Å². The predicted molar refractivity (Wildman–Crippen MR) is 90.6 cm³/mol. The fourth-order valence-corrected chi connectivity index (χ4v) is 4.04. The minimum atomic E-state index is -5.75. The molecular formula is C16H15F5N4O2S. The molecule has 3 rings (SSSR count). The van der Waals surface area contributed by atoms with Gasteiger partial charge >= 0.3 is 12.1 Å². The van der Waals surface area contributed by atoms with Gasteiger partial charge in [-0.15, -0.1) is 0 Å². The third kappa shape index (κ3) is 2.95. The van der Waals surface area contributed by atoms with Crippen LogP contribution in [0.25, 0.3) is 22.6 Å². The summed E-state index contributed by atoms with van der Waals surface area (Å²) in [6.45, 7) is 1.45. The van der Waals surface area contributed by atoms with Crippen LogP contribution in [-0.2, 0) is 29.9 Å². The fourth-order valence-electron chi connectivity index (χ4n) is 2.85. The van der Waals surface area contributed by atoms with E-state index in [2.05, 4.69) is 9.97 Å². The molecule has 0 aliphatic heterocycles. The van der Waals surface area contributed by atoms with E-state index in [4.69, 9.17) is 0 Å². The van der Waals surface area contributed by atoms with E-state index in [9.17, 15) is 30.4 Å². The first kappa shape index (κ1) is 20.2. The van der Waals surface area contributed by atoms with E-state index in [1.165, 1.54) is 36.5 Å². The lowest BCUT2D eigenvalue weighted by atomic mass is 10.1. The van der Waals surface area contributed by atoms with E-state index in [0.29, 0.717) is 12.1 Å². The summed E-state index contributed by atoms with van der Waals surface area (Å²) in [5.41, 5.74) is -1.14. The molecule has 2 heterocycles. The van der Waals surface area contributed by atoms with Crippen LogP contribution in [-0.4, -0.2) is 39.4 Å². The molecule has 6 nitrogen and oxygen atoms in total. The first-order valence-electron chi connectivity index (χ1n) is 7.97. The molecule has 0 fully saturated rings. The number of fused-ring (bicyclic) bond motifs is 1. The Labute approximate surface area is 156 Å². The van der Waals surface area contributed by atoms with Crippen LogP contribution in [0.15, 0.2) is 29.6 Å². The first-order chi connectivity index (χ1) is 12.8. The van der Waals surface area contributed by atoms with Gasteiger partial charge in [0, 0.05) is 19.7 Å². The highest BCUT2D eigenvalue weighted by Gasteiger charge is 2.58. The average molecular weight is 422 g/mol. The van der Waals surface area contributed by atoms with Gasteiger partial charge in [-0.2, -0.15) is 22.0 Å². The van der Waals surface area contributed by atoms with Gasteiger partial charge in [-0.1, -0.05) is 13.0 Å². The number of hydrogen-bond acceptors (Lipinski definition) is 4. The van der Waals surface area contributed by atoms with Gasteiger partial charge in [-0.3, -0.25) is 0 Å². The summed E-state index contributed by atoms with van der Waals surface area (Å²) in [6.07, 6.45) is -4.48. The van der Waals surface area contributed by atoms with Crippen LogP contribution >= 0.6 is 0 Å². The molecule has 0 aliphatic carbocycles. The number of nitrogens with zero attached hydrogens (tertiary/aromatic N) is 4. The molecule has 2 aromatic heterocycles. The maximum atomic E-state index is 13.6. The van der Waals surface area contributed by atoms with Crippen LogP contribution in [0.2, 0.25) is 0 Å². The van der Waals surface area contributed by atoms with Gasteiger partial charge in [0.25, 0.3) is 0 Å². The van der Waals surface area contributed by atoms with Gasteiger partial charge in [-0.25, -0.2) is 18.4 Å². The Morgan fingerprint density at radius 2 is 1.75 bits per heavy atom. The van der Waals surface area contributed by atoms with Crippen molar-refractivity contribution < 1.29 is 30.4 Å². The zero-order valence-electron chi connectivity index (χ0n) is 14.9. The number of aromatic nitrogens is 4. The summed E-state index contributed by atoms with van der Waals surface area (Å²) < 4.78 is 92.6. The molecule has 152 valence electrons. The van der Waals surface area contributed by atoms with Crippen molar-refractivity contribution in [1.29, 1.82) is 0 Å². The number of benzene rings is 1. The van der Waals surface area contributed by atoms with Crippen LogP contribution in [0.1, 0.15) is 12.5 Å². The molecule has 0 saturated carbocycles. The maximum Gasteiger partial charge on any atom is 0.458 e. The lowest BCUT2D eigenvalue weighted by molar-refractivity contribution is -0.289. The molecular weight excluding hydrogens is 407 g/mol. The maximum absolute atomic E-state index is 13.6. The number of alkyl halides is 5. The molecule has 0 atom stereocenters. The summed E-state index contributed by atoms with van der Waals surface area (Å²) in [7, 11) is -0.726. The average Bonchev–Trinajstić information content (AvgIpc) is 3.14. The Morgan fingerprint density at radius 3 is 2.32 bits per heavy atom. The van der Waals surface area contributed by atoms with E-state index in [0.717, 1.165) is 6.07 Å². The molecule has 0 aliphatic rings. The normalized spacial score (nSPS) is 13.4. The van der Waals surface area contributed by atoms with E-state index < -0.39 is 27.5 Å². The van der Waals surface area contributed by atoms with Crippen molar-refractivity contribution in [3.05, 3.63) is 30.1 Å². The van der Waals surface area contributed by atoms with Gasteiger partial charge in [-0.05, 0) is 12.1 Å². The van der Waals surface area contributed by atoms with Gasteiger partial charge in [0.15, 0.2) is 20.7 Å². The standard InChI is InChI=1S/C16H15F5N4O2S/c1-4-28(26,27)14-12(22-8-24(14)2)13-23-10-7-9(5-6-11(10)25(13)3)15(17,18)16(19,20)21/h5-8H,4H2,1-3H3. The Hall–Kier alpha value is -2.50. The fraction of sp³-hybridized carbons (Fsp3) is 0.375. The van der Waals surface area contributed by atoms with Crippen molar-refractivity contribution in [2.45, 2.75) is 24.0 Å². The minimum absolute atomic E-state index is 0.00724. The van der Waals surface area contributed by atoms with Crippen molar-refractivity contribution in [2.24, 2.45) is 14.1 Å². The lowest BCUT2D eigenvalue weighted by Gasteiger charge is -2.19. The smallest absolute Gasteiger partial charge is 0.326 e. The molecule has 0 spiro atoms. The van der Waals surface area contributed by atoms with E-state index in [1.807, 2.05) is 0 Å². The number of halogens is 5. The molecule has 0 amide bonds. The Balaban J connectivity index is 2.23. The summed E-state index contributed by atoms with van der Waals surface area (Å²) in [4.78, 5) is 8.12. The minimum Gasteiger partial charge on any atom is -0.326 e. The van der Waals surface area contributed by atoms with Crippen LogP contribution in [0.4, 0.5) is 22.0 Å². The molecule has 0 radical (unpaired) electrons. The van der Waals surface area contributed by atoms with Crippen molar-refractivity contribution in [3.63, 3.8) is 0 Å². The topological polar surface area (TPSA) is 69.8 Å². The number of sulfone groups is 1. The summed E-state index contributed by atoms with van der Waals surface area (Å²) >= 11 is 0. The molecule has 0 bridgehead atoms. The molecule has 0 unspecified atom stereocenters. The predicted octanol–water partition coefficient (Wildman–Crippen LogP) is 3.42. The van der Waals surface area contributed by atoms with Gasteiger partial charge in [0.05, 0.1) is 23.1 Å². The number of hydrogen-bond donors (Lipinski definition) is 0. The quantitative estimate of drug-likeness (QED) is 0.605. The summed E-state index contributed by atoms with van der Waals surface area (Å²) in [5.74, 6) is -5.21. The van der Waals surface area contributed by atoms with Crippen molar-refractivity contribution >= 4 is 20.9 Å². The largest absolute Gasteiger partial charge is 0.458 e. The first-order valence-corrected chi connectivity index (χ1v) is 9.62. The molecule has 3 aromatic rings. The highest BCUT2D eigenvalue weighted by molar-refractivity contribution is 7.91. The molecule has 1 aromatic carbocycles. The molecule has 28 heavy (non-hydrogen) atoms. The third-order valence-electron chi connectivity index (χ3n) is 4.37. The van der Waals surface area contributed by atoms with Crippen LogP contribution in [0.3, 0.4) is 0 Å². The second-order valence-electron chi connectivity index (χ2n) is 6.18. The summed E-state index contributed by atoms with van der Waals surface area (Å²) in [5, 5.41) is -0.116. The van der Waals surface area contributed by atoms with Crippen LogP contribution in [0, 0.1) is 0 Å². The van der Waals surface area contributed by atoms with Crippen molar-refractivity contribution in [3.8, 4) is 11.5 Å². The van der Waals surface area contributed by atoms with E-state index in [1.54, 1.807) is 0 Å².